The van der Waals surface area contributed by atoms with Crippen molar-refractivity contribution in [1.29, 1.82) is 0 Å². The molecule has 3 aromatic carbocycles. The standard InChI is InChI=1S/C25H18N2O4S/c1-14-6-8-16(9-7-14)22(29)20-21(15-10-12-17(28)13-11-15)27(24(31)23(20)30)25-26-18-4-2-3-5-19(18)32-25/h2-13,21,28,30H,1H3. The molecule has 158 valence electrons. The fourth-order valence-corrected chi connectivity index (χ4v) is 4.82. The molecule has 0 aliphatic carbocycles. The van der Waals surface area contributed by atoms with E-state index in [1.165, 1.54) is 28.4 Å². The van der Waals surface area contributed by atoms with Gasteiger partial charge in [-0.15, -0.1) is 0 Å². The molecular weight excluding hydrogens is 424 g/mol. The zero-order chi connectivity index (χ0) is 22.4. The lowest BCUT2D eigenvalue weighted by molar-refractivity contribution is -0.117. The third-order valence-electron chi connectivity index (χ3n) is 5.46. The molecule has 7 heteroatoms. The van der Waals surface area contributed by atoms with Crippen molar-refractivity contribution >= 4 is 38.4 Å². The Morgan fingerprint density at radius 2 is 1.66 bits per heavy atom. The number of fused-ring (bicyclic) bond motifs is 1. The average Bonchev–Trinajstić information content (AvgIpc) is 3.33. The number of phenols is 1. The number of para-hydroxylation sites is 1. The zero-order valence-corrected chi connectivity index (χ0v) is 17.8. The Morgan fingerprint density at radius 1 is 0.969 bits per heavy atom. The number of aryl methyl sites for hydroxylation is 1. The van der Waals surface area contributed by atoms with Gasteiger partial charge in [-0.05, 0) is 36.8 Å². The number of hydrogen-bond donors (Lipinski definition) is 2. The molecule has 1 aliphatic heterocycles. The number of hydrogen-bond acceptors (Lipinski definition) is 6. The number of ketones is 1. The molecule has 0 saturated carbocycles. The molecule has 5 rings (SSSR count). The van der Waals surface area contributed by atoms with Crippen LogP contribution in [0.1, 0.15) is 27.5 Å². The Labute approximate surface area is 187 Å². The number of aromatic nitrogens is 1. The van der Waals surface area contributed by atoms with E-state index >= 15 is 0 Å². The minimum absolute atomic E-state index is 0.0104. The Hall–Kier alpha value is -3.97. The van der Waals surface area contributed by atoms with Crippen molar-refractivity contribution in [3.05, 3.63) is 101 Å². The number of anilines is 1. The van der Waals surface area contributed by atoms with Crippen molar-refractivity contribution in [2.45, 2.75) is 13.0 Å². The Morgan fingerprint density at radius 3 is 2.34 bits per heavy atom. The molecular formula is C25H18N2O4S. The maximum absolute atomic E-state index is 13.5. The number of benzene rings is 3. The molecule has 1 aliphatic rings. The van der Waals surface area contributed by atoms with Gasteiger partial charge in [-0.25, -0.2) is 4.98 Å². The number of aliphatic hydroxyl groups excluding tert-OH is 1. The summed E-state index contributed by atoms with van der Waals surface area (Å²) in [7, 11) is 0. The first-order valence-electron chi connectivity index (χ1n) is 9.96. The van der Waals surface area contributed by atoms with E-state index in [9.17, 15) is 19.8 Å². The molecule has 0 spiro atoms. The van der Waals surface area contributed by atoms with Gasteiger partial charge in [0, 0.05) is 5.56 Å². The number of carbonyl (C=O) groups is 2. The van der Waals surface area contributed by atoms with Crippen LogP contribution < -0.4 is 4.90 Å². The fraction of sp³-hybridized carbons (Fsp3) is 0.0800. The highest BCUT2D eigenvalue weighted by molar-refractivity contribution is 7.22. The summed E-state index contributed by atoms with van der Waals surface area (Å²) in [6.45, 7) is 1.91. The molecule has 1 amide bonds. The normalized spacial score (nSPS) is 16.2. The van der Waals surface area contributed by atoms with Gasteiger partial charge in [-0.1, -0.05) is 65.4 Å². The summed E-state index contributed by atoms with van der Waals surface area (Å²) in [5, 5.41) is 21.0. The van der Waals surface area contributed by atoms with Crippen molar-refractivity contribution in [2.75, 3.05) is 4.90 Å². The van der Waals surface area contributed by atoms with Crippen LogP contribution in [0.3, 0.4) is 0 Å². The first-order chi connectivity index (χ1) is 15.4. The summed E-state index contributed by atoms with van der Waals surface area (Å²) in [6, 6.07) is 19.8. The molecule has 1 atom stereocenters. The topological polar surface area (TPSA) is 90.7 Å². The number of aliphatic hydroxyl groups is 1. The zero-order valence-electron chi connectivity index (χ0n) is 17.0. The van der Waals surface area contributed by atoms with Gasteiger partial charge in [0.15, 0.2) is 16.7 Å². The summed E-state index contributed by atoms with van der Waals surface area (Å²) in [6.07, 6.45) is 0. The summed E-state index contributed by atoms with van der Waals surface area (Å²) >= 11 is 1.31. The van der Waals surface area contributed by atoms with Crippen LogP contribution in [0, 0.1) is 6.92 Å². The van der Waals surface area contributed by atoms with Crippen molar-refractivity contribution in [2.24, 2.45) is 0 Å². The minimum Gasteiger partial charge on any atom is -0.508 e. The van der Waals surface area contributed by atoms with Crippen LogP contribution in [-0.2, 0) is 4.79 Å². The molecule has 2 N–H and O–H groups in total. The first kappa shape index (κ1) is 20.0. The number of Topliss-reactive ketones (excluding diaryl/α,β-unsaturated/α-hetero) is 1. The van der Waals surface area contributed by atoms with E-state index in [1.54, 1.807) is 24.3 Å². The summed E-state index contributed by atoms with van der Waals surface area (Å²) < 4.78 is 0.887. The van der Waals surface area contributed by atoms with Gasteiger partial charge in [0.25, 0.3) is 5.91 Å². The fourth-order valence-electron chi connectivity index (χ4n) is 3.83. The largest absolute Gasteiger partial charge is 0.508 e. The average molecular weight is 442 g/mol. The van der Waals surface area contributed by atoms with E-state index in [0.29, 0.717) is 16.3 Å². The second kappa shape index (κ2) is 7.62. The third-order valence-corrected chi connectivity index (χ3v) is 6.50. The molecule has 0 saturated heterocycles. The smallest absolute Gasteiger partial charge is 0.296 e. The van der Waals surface area contributed by atoms with E-state index in [1.807, 2.05) is 43.3 Å². The van der Waals surface area contributed by atoms with Crippen LogP contribution in [0.4, 0.5) is 5.13 Å². The van der Waals surface area contributed by atoms with Crippen molar-refractivity contribution < 1.29 is 19.8 Å². The molecule has 0 radical (unpaired) electrons. The number of amides is 1. The van der Waals surface area contributed by atoms with E-state index < -0.39 is 23.5 Å². The predicted octanol–water partition coefficient (Wildman–Crippen LogP) is 5.09. The highest BCUT2D eigenvalue weighted by Crippen LogP contribution is 2.44. The van der Waals surface area contributed by atoms with Gasteiger partial charge in [0.2, 0.25) is 0 Å². The van der Waals surface area contributed by atoms with E-state index in [-0.39, 0.29) is 11.3 Å². The number of nitrogens with zero attached hydrogens (tertiary/aromatic N) is 2. The monoisotopic (exact) mass is 442 g/mol. The van der Waals surface area contributed by atoms with E-state index in [4.69, 9.17) is 0 Å². The first-order valence-corrected chi connectivity index (χ1v) is 10.8. The SMILES string of the molecule is Cc1ccc(C(=O)C2=C(O)C(=O)N(c3nc4ccccc4s3)C2c2ccc(O)cc2)cc1. The van der Waals surface area contributed by atoms with Crippen LogP contribution in [0.2, 0.25) is 0 Å². The summed E-state index contributed by atoms with van der Waals surface area (Å²) in [5.74, 6) is -1.65. The molecule has 32 heavy (non-hydrogen) atoms. The van der Waals surface area contributed by atoms with Crippen molar-refractivity contribution in [3.8, 4) is 5.75 Å². The predicted molar refractivity (Wildman–Crippen MR) is 123 cm³/mol. The third kappa shape index (κ3) is 3.23. The minimum atomic E-state index is -0.877. The summed E-state index contributed by atoms with van der Waals surface area (Å²) in [5.41, 5.74) is 2.66. The quantitative estimate of drug-likeness (QED) is 0.430. The summed E-state index contributed by atoms with van der Waals surface area (Å²) in [4.78, 5) is 32.6. The second-order valence-electron chi connectivity index (χ2n) is 7.59. The number of rotatable bonds is 4. The van der Waals surface area contributed by atoms with Crippen LogP contribution in [0.15, 0.2) is 84.1 Å². The number of carbonyl (C=O) groups excluding carboxylic acids is 2. The van der Waals surface area contributed by atoms with Crippen LogP contribution in [-0.4, -0.2) is 26.9 Å². The lowest BCUT2D eigenvalue weighted by Gasteiger charge is -2.24. The number of aromatic hydroxyl groups is 1. The van der Waals surface area contributed by atoms with Crippen LogP contribution in [0.25, 0.3) is 10.2 Å². The van der Waals surface area contributed by atoms with Crippen molar-refractivity contribution in [3.63, 3.8) is 0 Å². The molecule has 0 fully saturated rings. The van der Waals surface area contributed by atoms with Gasteiger partial charge in [-0.3, -0.25) is 14.5 Å². The van der Waals surface area contributed by atoms with Crippen LogP contribution in [0.5, 0.6) is 5.75 Å². The van der Waals surface area contributed by atoms with Crippen LogP contribution >= 0.6 is 11.3 Å². The Balaban J connectivity index is 1.67. The lowest BCUT2D eigenvalue weighted by Crippen LogP contribution is -2.30. The maximum atomic E-state index is 13.5. The highest BCUT2D eigenvalue weighted by atomic mass is 32.1. The number of thiazole rings is 1. The Kier molecular flexibility index (Phi) is 4.75. The van der Waals surface area contributed by atoms with E-state index in [0.717, 1.165) is 15.8 Å². The molecule has 6 nitrogen and oxygen atoms in total. The van der Waals surface area contributed by atoms with Gasteiger partial charge < -0.3 is 10.2 Å². The van der Waals surface area contributed by atoms with Crippen molar-refractivity contribution in [1.82, 2.24) is 4.98 Å². The second-order valence-corrected chi connectivity index (χ2v) is 8.60. The lowest BCUT2D eigenvalue weighted by atomic mass is 9.92. The Bertz CT molecular complexity index is 1350. The van der Waals surface area contributed by atoms with E-state index in [2.05, 4.69) is 4.98 Å². The molecule has 2 heterocycles. The van der Waals surface area contributed by atoms with Gasteiger partial charge in [0.05, 0.1) is 21.8 Å². The number of phenolic OH excluding ortho intramolecular Hbond substituents is 1. The molecule has 1 unspecified atom stereocenters. The molecule has 0 bridgehead atoms. The van der Waals surface area contributed by atoms with Gasteiger partial charge >= 0.3 is 0 Å². The van der Waals surface area contributed by atoms with Gasteiger partial charge in [0.1, 0.15) is 5.75 Å². The molecule has 4 aromatic rings. The highest BCUT2D eigenvalue weighted by Gasteiger charge is 2.45. The maximum Gasteiger partial charge on any atom is 0.296 e. The molecule has 1 aromatic heterocycles. The van der Waals surface area contributed by atoms with Gasteiger partial charge in [-0.2, -0.15) is 0 Å².